The van der Waals surface area contributed by atoms with E-state index in [9.17, 15) is 0 Å². The Labute approximate surface area is 97.7 Å². The van der Waals surface area contributed by atoms with Gasteiger partial charge in [-0.15, -0.1) is 0 Å². The number of pyridine rings is 1. The van der Waals surface area contributed by atoms with Crippen LogP contribution in [0.3, 0.4) is 0 Å². The molecule has 84 valence electrons. The van der Waals surface area contributed by atoms with Gasteiger partial charge in [-0.3, -0.25) is 4.68 Å². The van der Waals surface area contributed by atoms with Crippen molar-refractivity contribution in [2.45, 2.75) is 19.4 Å². The number of hydrogen-bond donors (Lipinski definition) is 0. The van der Waals surface area contributed by atoms with E-state index >= 15 is 0 Å². The SMILES string of the molecule is c1cnc2c(c1)cnn2-c1cnn2c1CCC2. The summed E-state index contributed by atoms with van der Waals surface area (Å²) in [7, 11) is 0. The highest BCUT2D eigenvalue weighted by molar-refractivity contribution is 5.76. The van der Waals surface area contributed by atoms with Crippen molar-refractivity contribution in [2.75, 3.05) is 0 Å². The maximum Gasteiger partial charge on any atom is 0.163 e. The fraction of sp³-hybridized carbons (Fsp3) is 0.250. The molecule has 3 aromatic heterocycles. The molecule has 1 aliphatic rings. The lowest BCUT2D eigenvalue weighted by Crippen LogP contribution is -2.00. The summed E-state index contributed by atoms with van der Waals surface area (Å²) in [5, 5.41) is 9.86. The Morgan fingerprint density at radius 1 is 1.18 bits per heavy atom. The van der Waals surface area contributed by atoms with Crippen LogP contribution in [-0.2, 0) is 13.0 Å². The van der Waals surface area contributed by atoms with Crippen LogP contribution in [0.2, 0.25) is 0 Å². The lowest BCUT2D eigenvalue weighted by molar-refractivity contribution is 0.656. The normalized spacial score (nSPS) is 14.4. The van der Waals surface area contributed by atoms with E-state index < -0.39 is 0 Å². The highest BCUT2D eigenvalue weighted by atomic mass is 15.4. The summed E-state index contributed by atoms with van der Waals surface area (Å²) in [6.07, 6.45) is 7.77. The molecule has 3 aromatic rings. The summed E-state index contributed by atoms with van der Waals surface area (Å²) in [5.41, 5.74) is 3.23. The quantitative estimate of drug-likeness (QED) is 0.631. The van der Waals surface area contributed by atoms with Crippen LogP contribution in [0.15, 0.2) is 30.7 Å². The molecular formula is C12H11N5. The minimum absolute atomic E-state index is 0.898. The highest BCUT2D eigenvalue weighted by Crippen LogP contribution is 2.23. The van der Waals surface area contributed by atoms with Gasteiger partial charge in [-0.05, 0) is 25.0 Å². The first kappa shape index (κ1) is 8.92. The second kappa shape index (κ2) is 3.16. The van der Waals surface area contributed by atoms with Crippen LogP contribution in [0.1, 0.15) is 12.1 Å². The van der Waals surface area contributed by atoms with Crippen LogP contribution in [0.25, 0.3) is 16.7 Å². The maximum atomic E-state index is 4.42. The Hall–Kier alpha value is -2.17. The molecule has 0 fully saturated rings. The zero-order valence-electron chi connectivity index (χ0n) is 9.24. The fourth-order valence-corrected chi connectivity index (χ4v) is 2.46. The van der Waals surface area contributed by atoms with Crippen LogP contribution in [-0.4, -0.2) is 24.5 Å². The molecule has 0 bridgehead atoms. The molecule has 0 aromatic carbocycles. The van der Waals surface area contributed by atoms with Gasteiger partial charge >= 0.3 is 0 Å². The molecule has 0 saturated heterocycles. The average Bonchev–Trinajstić information content (AvgIpc) is 3.02. The highest BCUT2D eigenvalue weighted by Gasteiger charge is 2.19. The van der Waals surface area contributed by atoms with Crippen molar-refractivity contribution in [3.8, 4) is 5.69 Å². The summed E-state index contributed by atoms with van der Waals surface area (Å²) in [5.74, 6) is 0. The van der Waals surface area contributed by atoms with Crippen molar-refractivity contribution in [2.24, 2.45) is 0 Å². The zero-order chi connectivity index (χ0) is 11.2. The maximum absolute atomic E-state index is 4.42. The summed E-state index contributed by atoms with van der Waals surface area (Å²) >= 11 is 0. The van der Waals surface area contributed by atoms with Gasteiger partial charge in [0, 0.05) is 18.1 Å². The van der Waals surface area contributed by atoms with E-state index in [4.69, 9.17) is 0 Å². The van der Waals surface area contributed by atoms with Gasteiger partial charge in [-0.2, -0.15) is 10.2 Å². The molecule has 17 heavy (non-hydrogen) atoms. The Morgan fingerprint density at radius 2 is 2.18 bits per heavy atom. The van der Waals surface area contributed by atoms with Crippen molar-refractivity contribution in [3.05, 3.63) is 36.4 Å². The van der Waals surface area contributed by atoms with Crippen LogP contribution in [0.5, 0.6) is 0 Å². The topological polar surface area (TPSA) is 48.5 Å². The molecule has 0 aliphatic carbocycles. The smallest absolute Gasteiger partial charge is 0.163 e. The van der Waals surface area contributed by atoms with Gasteiger partial charge in [0.25, 0.3) is 0 Å². The number of hydrogen-bond acceptors (Lipinski definition) is 3. The molecule has 0 atom stereocenters. The summed E-state index contributed by atoms with van der Waals surface area (Å²) in [6, 6.07) is 3.95. The number of aromatic nitrogens is 5. The van der Waals surface area contributed by atoms with Gasteiger partial charge in [0.15, 0.2) is 5.65 Å². The number of aryl methyl sites for hydroxylation is 1. The second-order valence-corrected chi connectivity index (χ2v) is 4.28. The largest absolute Gasteiger partial charge is 0.267 e. The van der Waals surface area contributed by atoms with E-state index in [0.29, 0.717) is 0 Å². The van der Waals surface area contributed by atoms with E-state index in [2.05, 4.69) is 19.9 Å². The van der Waals surface area contributed by atoms with Gasteiger partial charge in [-0.25, -0.2) is 9.67 Å². The van der Waals surface area contributed by atoms with Gasteiger partial charge in [0.05, 0.1) is 18.1 Å². The van der Waals surface area contributed by atoms with E-state index in [1.165, 1.54) is 12.1 Å². The molecular weight excluding hydrogens is 214 g/mol. The van der Waals surface area contributed by atoms with Crippen molar-refractivity contribution in [1.82, 2.24) is 24.5 Å². The number of nitrogens with zero attached hydrogens (tertiary/aromatic N) is 5. The van der Waals surface area contributed by atoms with Crippen molar-refractivity contribution < 1.29 is 0 Å². The van der Waals surface area contributed by atoms with Crippen molar-refractivity contribution in [3.63, 3.8) is 0 Å². The summed E-state index contributed by atoms with van der Waals surface area (Å²) in [6.45, 7) is 1.02. The van der Waals surface area contributed by atoms with Crippen LogP contribution in [0, 0.1) is 0 Å². The van der Waals surface area contributed by atoms with Crippen molar-refractivity contribution >= 4 is 11.0 Å². The molecule has 0 spiro atoms. The third-order valence-electron chi connectivity index (χ3n) is 3.27. The minimum Gasteiger partial charge on any atom is -0.267 e. The predicted molar refractivity (Wildman–Crippen MR) is 63.0 cm³/mol. The third-order valence-corrected chi connectivity index (χ3v) is 3.27. The van der Waals surface area contributed by atoms with Crippen LogP contribution in [0.4, 0.5) is 0 Å². The molecule has 0 amide bonds. The van der Waals surface area contributed by atoms with E-state index in [-0.39, 0.29) is 0 Å². The molecule has 5 heteroatoms. The van der Waals surface area contributed by atoms with Crippen molar-refractivity contribution in [1.29, 1.82) is 0 Å². The molecule has 4 rings (SSSR count). The predicted octanol–water partition coefficient (Wildman–Crippen LogP) is 1.56. The zero-order valence-corrected chi connectivity index (χ0v) is 9.24. The lowest BCUT2D eigenvalue weighted by Gasteiger charge is -2.01. The van der Waals surface area contributed by atoms with Gasteiger partial charge in [-0.1, -0.05) is 0 Å². The molecule has 0 N–H and O–H groups in total. The average molecular weight is 225 g/mol. The Balaban J connectivity index is 1.99. The van der Waals surface area contributed by atoms with E-state index in [1.807, 2.05) is 29.2 Å². The Kier molecular flexibility index (Phi) is 1.66. The molecule has 5 nitrogen and oxygen atoms in total. The van der Waals surface area contributed by atoms with Crippen LogP contribution < -0.4 is 0 Å². The molecule has 4 heterocycles. The van der Waals surface area contributed by atoms with E-state index in [0.717, 1.165) is 29.7 Å². The fourth-order valence-electron chi connectivity index (χ4n) is 2.46. The first-order valence-corrected chi connectivity index (χ1v) is 5.77. The second-order valence-electron chi connectivity index (χ2n) is 4.28. The molecule has 1 aliphatic heterocycles. The first-order chi connectivity index (χ1) is 8.43. The first-order valence-electron chi connectivity index (χ1n) is 5.77. The summed E-state index contributed by atoms with van der Waals surface area (Å²) < 4.78 is 3.95. The molecule has 0 radical (unpaired) electrons. The van der Waals surface area contributed by atoms with Crippen LogP contribution >= 0.6 is 0 Å². The minimum atomic E-state index is 0.898. The summed E-state index contributed by atoms with van der Waals surface area (Å²) in [4.78, 5) is 4.39. The number of rotatable bonds is 1. The lowest BCUT2D eigenvalue weighted by atomic mass is 10.2. The number of fused-ring (bicyclic) bond motifs is 2. The third kappa shape index (κ3) is 1.16. The van der Waals surface area contributed by atoms with Gasteiger partial charge in [0.2, 0.25) is 0 Å². The monoisotopic (exact) mass is 225 g/mol. The Bertz CT molecular complexity index is 694. The standard InChI is InChI=1S/C12H11N5/c1-3-9-7-15-17(12(9)13-5-1)11-8-14-16-6-2-4-10(11)16/h1,3,5,7-8H,2,4,6H2. The van der Waals surface area contributed by atoms with Gasteiger partial charge < -0.3 is 0 Å². The van der Waals surface area contributed by atoms with E-state index in [1.54, 1.807) is 6.20 Å². The molecule has 0 unspecified atom stereocenters. The molecule has 0 saturated carbocycles. The Morgan fingerprint density at radius 3 is 3.18 bits per heavy atom. The van der Waals surface area contributed by atoms with Gasteiger partial charge in [0.1, 0.15) is 5.69 Å².